The van der Waals surface area contributed by atoms with Crippen LogP contribution in [0.5, 0.6) is 11.5 Å². The standard InChI is InChI=1S/C13H15F2NO2/c1-3-4-7-16-9-10-5-6-11(17-2)12(8-10)18-13(14)15/h5-6,8,13,16H,7,9H2,1-2H3. The summed E-state index contributed by atoms with van der Waals surface area (Å²) in [4.78, 5) is 0. The van der Waals surface area contributed by atoms with Gasteiger partial charge in [-0.1, -0.05) is 12.0 Å². The Labute approximate surface area is 105 Å². The summed E-state index contributed by atoms with van der Waals surface area (Å²) in [6.07, 6.45) is 0. The van der Waals surface area contributed by atoms with Crippen LogP contribution in [0.2, 0.25) is 0 Å². The first kappa shape index (κ1) is 14.3. The van der Waals surface area contributed by atoms with Gasteiger partial charge in [0.05, 0.1) is 13.7 Å². The number of methoxy groups -OCH3 is 1. The minimum Gasteiger partial charge on any atom is -0.493 e. The first-order valence-electron chi connectivity index (χ1n) is 5.39. The van der Waals surface area contributed by atoms with Crippen molar-refractivity contribution in [2.75, 3.05) is 13.7 Å². The quantitative estimate of drug-likeness (QED) is 0.625. The van der Waals surface area contributed by atoms with Crippen LogP contribution in [-0.4, -0.2) is 20.3 Å². The molecule has 18 heavy (non-hydrogen) atoms. The molecule has 0 bridgehead atoms. The SMILES string of the molecule is CC#CCNCc1ccc(OC)c(OC(F)F)c1. The van der Waals surface area contributed by atoms with Crippen LogP contribution >= 0.6 is 0 Å². The highest BCUT2D eigenvalue weighted by molar-refractivity contribution is 5.43. The molecule has 1 N–H and O–H groups in total. The van der Waals surface area contributed by atoms with E-state index in [0.29, 0.717) is 13.1 Å². The highest BCUT2D eigenvalue weighted by atomic mass is 19.3. The average molecular weight is 255 g/mol. The van der Waals surface area contributed by atoms with Crippen molar-refractivity contribution in [3.05, 3.63) is 23.8 Å². The number of benzene rings is 1. The van der Waals surface area contributed by atoms with E-state index >= 15 is 0 Å². The summed E-state index contributed by atoms with van der Waals surface area (Å²) in [6, 6.07) is 4.90. The Hall–Kier alpha value is -1.80. The molecule has 3 nitrogen and oxygen atoms in total. The van der Waals surface area contributed by atoms with Crippen LogP contribution in [0.25, 0.3) is 0 Å². The minimum atomic E-state index is -2.87. The first-order chi connectivity index (χ1) is 8.67. The molecule has 0 fully saturated rings. The zero-order valence-electron chi connectivity index (χ0n) is 10.3. The van der Waals surface area contributed by atoms with Crippen LogP contribution in [0.15, 0.2) is 18.2 Å². The van der Waals surface area contributed by atoms with Crippen molar-refractivity contribution in [1.82, 2.24) is 5.32 Å². The third-order valence-corrected chi connectivity index (χ3v) is 2.16. The summed E-state index contributed by atoms with van der Waals surface area (Å²) in [5.74, 6) is 5.92. The van der Waals surface area contributed by atoms with Gasteiger partial charge in [-0.25, -0.2) is 0 Å². The fourth-order valence-electron chi connectivity index (χ4n) is 1.38. The Balaban J connectivity index is 2.71. The molecule has 98 valence electrons. The lowest BCUT2D eigenvalue weighted by Crippen LogP contribution is -2.13. The lowest BCUT2D eigenvalue weighted by Gasteiger charge is -2.11. The average Bonchev–Trinajstić information content (AvgIpc) is 2.34. The summed E-state index contributed by atoms with van der Waals surface area (Å²) in [7, 11) is 1.41. The molecule has 0 atom stereocenters. The maximum Gasteiger partial charge on any atom is 0.387 e. The molecule has 0 radical (unpaired) electrons. The van der Waals surface area contributed by atoms with Gasteiger partial charge in [-0.3, -0.25) is 0 Å². The monoisotopic (exact) mass is 255 g/mol. The van der Waals surface area contributed by atoms with Crippen molar-refractivity contribution in [1.29, 1.82) is 0 Å². The molecule has 0 heterocycles. The van der Waals surface area contributed by atoms with E-state index in [-0.39, 0.29) is 11.5 Å². The van der Waals surface area contributed by atoms with Gasteiger partial charge in [0.1, 0.15) is 0 Å². The van der Waals surface area contributed by atoms with Gasteiger partial charge in [-0.05, 0) is 24.6 Å². The fourth-order valence-corrected chi connectivity index (χ4v) is 1.38. The number of alkyl halides is 2. The van der Waals surface area contributed by atoms with Crippen molar-refractivity contribution in [3.8, 4) is 23.3 Å². The summed E-state index contributed by atoms with van der Waals surface area (Å²) in [6.45, 7) is -0.0387. The maximum absolute atomic E-state index is 12.2. The predicted molar refractivity (Wildman–Crippen MR) is 64.8 cm³/mol. The molecule has 0 saturated heterocycles. The molecule has 0 saturated carbocycles. The van der Waals surface area contributed by atoms with Crippen LogP contribution in [-0.2, 0) is 6.54 Å². The van der Waals surface area contributed by atoms with Crippen molar-refractivity contribution in [3.63, 3.8) is 0 Å². The lowest BCUT2D eigenvalue weighted by molar-refractivity contribution is -0.0512. The second-order valence-corrected chi connectivity index (χ2v) is 3.39. The number of hydrogen-bond donors (Lipinski definition) is 1. The van der Waals surface area contributed by atoms with Crippen LogP contribution in [0.4, 0.5) is 8.78 Å². The fraction of sp³-hybridized carbons (Fsp3) is 0.385. The van der Waals surface area contributed by atoms with Crippen LogP contribution in [0.3, 0.4) is 0 Å². The zero-order valence-corrected chi connectivity index (χ0v) is 10.3. The van der Waals surface area contributed by atoms with Crippen molar-refractivity contribution >= 4 is 0 Å². The smallest absolute Gasteiger partial charge is 0.387 e. The molecule has 0 aliphatic carbocycles. The summed E-state index contributed by atoms with van der Waals surface area (Å²) >= 11 is 0. The Morgan fingerprint density at radius 1 is 1.33 bits per heavy atom. The largest absolute Gasteiger partial charge is 0.493 e. The summed E-state index contributed by atoms with van der Waals surface area (Å²) in [5, 5.41) is 3.06. The van der Waals surface area contributed by atoms with Gasteiger partial charge in [0, 0.05) is 6.54 Å². The van der Waals surface area contributed by atoms with Gasteiger partial charge in [0.25, 0.3) is 0 Å². The molecule has 1 rings (SSSR count). The van der Waals surface area contributed by atoms with Crippen LogP contribution in [0.1, 0.15) is 12.5 Å². The molecule has 0 aliphatic rings. The Kier molecular flexibility index (Phi) is 5.95. The molecule has 5 heteroatoms. The van der Waals surface area contributed by atoms with Crippen LogP contribution in [0, 0.1) is 11.8 Å². The molecule has 1 aromatic rings. The van der Waals surface area contributed by atoms with E-state index in [1.54, 1.807) is 19.1 Å². The zero-order chi connectivity index (χ0) is 13.4. The van der Waals surface area contributed by atoms with E-state index in [9.17, 15) is 8.78 Å². The van der Waals surface area contributed by atoms with E-state index in [0.717, 1.165) is 5.56 Å². The van der Waals surface area contributed by atoms with E-state index in [2.05, 4.69) is 21.9 Å². The number of hydrogen-bond acceptors (Lipinski definition) is 3. The van der Waals surface area contributed by atoms with E-state index < -0.39 is 6.61 Å². The molecular formula is C13H15F2NO2. The van der Waals surface area contributed by atoms with Crippen molar-refractivity contribution in [2.24, 2.45) is 0 Å². The molecule has 0 aliphatic heterocycles. The minimum absolute atomic E-state index is 0.0355. The topological polar surface area (TPSA) is 30.5 Å². The lowest BCUT2D eigenvalue weighted by atomic mass is 10.2. The Bertz CT molecular complexity index is 438. The highest BCUT2D eigenvalue weighted by Gasteiger charge is 2.10. The normalized spacial score (nSPS) is 9.83. The van der Waals surface area contributed by atoms with Crippen molar-refractivity contribution in [2.45, 2.75) is 20.1 Å². The summed E-state index contributed by atoms with van der Waals surface area (Å²) < 4.78 is 33.8. The second kappa shape index (κ2) is 7.51. The maximum atomic E-state index is 12.2. The number of rotatable bonds is 6. The Morgan fingerprint density at radius 3 is 2.72 bits per heavy atom. The molecular weight excluding hydrogens is 240 g/mol. The third kappa shape index (κ3) is 4.60. The molecule has 0 unspecified atom stereocenters. The highest BCUT2D eigenvalue weighted by Crippen LogP contribution is 2.29. The summed E-state index contributed by atoms with van der Waals surface area (Å²) in [5.41, 5.74) is 0.823. The van der Waals surface area contributed by atoms with Crippen LogP contribution < -0.4 is 14.8 Å². The number of halogens is 2. The molecule has 0 spiro atoms. The van der Waals surface area contributed by atoms with Gasteiger partial charge < -0.3 is 14.8 Å². The molecule has 1 aromatic carbocycles. The van der Waals surface area contributed by atoms with E-state index in [1.807, 2.05) is 0 Å². The van der Waals surface area contributed by atoms with E-state index in [1.165, 1.54) is 13.2 Å². The third-order valence-electron chi connectivity index (χ3n) is 2.16. The predicted octanol–water partition coefficient (Wildman–Crippen LogP) is 2.41. The van der Waals surface area contributed by atoms with Gasteiger partial charge >= 0.3 is 6.61 Å². The van der Waals surface area contributed by atoms with Gasteiger partial charge in [0.15, 0.2) is 11.5 Å². The molecule has 0 amide bonds. The van der Waals surface area contributed by atoms with Gasteiger partial charge in [0.2, 0.25) is 0 Å². The van der Waals surface area contributed by atoms with Crippen molar-refractivity contribution < 1.29 is 18.3 Å². The van der Waals surface area contributed by atoms with Gasteiger partial charge in [-0.2, -0.15) is 8.78 Å². The Morgan fingerprint density at radius 2 is 2.11 bits per heavy atom. The number of ether oxygens (including phenoxy) is 2. The van der Waals surface area contributed by atoms with Gasteiger partial charge in [-0.15, -0.1) is 5.92 Å². The number of nitrogens with one attached hydrogen (secondary N) is 1. The van der Waals surface area contributed by atoms with E-state index in [4.69, 9.17) is 4.74 Å². The second-order valence-electron chi connectivity index (χ2n) is 3.39. The first-order valence-corrected chi connectivity index (χ1v) is 5.39. The molecule has 0 aromatic heterocycles.